The number of thioether (sulfide) groups is 1. The fourth-order valence-electron chi connectivity index (χ4n) is 3.31. The van der Waals surface area contributed by atoms with Crippen LogP contribution in [0.3, 0.4) is 0 Å². The summed E-state index contributed by atoms with van der Waals surface area (Å²) in [6, 6.07) is 14.8. The second-order valence-corrected chi connectivity index (χ2v) is 10.5. The summed E-state index contributed by atoms with van der Waals surface area (Å²) in [6.45, 7) is 1.86. The number of amides is 1. The van der Waals surface area contributed by atoms with Gasteiger partial charge in [0.25, 0.3) is 15.9 Å². The van der Waals surface area contributed by atoms with Crippen molar-refractivity contribution in [1.29, 1.82) is 0 Å². The Morgan fingerprint density at radius 3 is 2.37 bits per heavy atom. The lowest BCUT2D eigenvalue weighted by atomic mass is 10.0. The first-order chi connectivity index (χ1) is 14.3. The van der Waals surface area contributed by atoms with Crippen LogP contribution in [0.2, 0.25) is 0 Å². The van der Waals surface area contributed by atoms with Gasteiger partial charge in [-0.3, -0.25) is 4.79 Å². The quantitative estimate of drug-likeness (QED) is 0.463. The molecule has 2 aromatic rings. The van der Waals surface area contributed by atoms with Crippen molar-refractivity contribution < 1.29 is 18.3 Å². The third-order valence-electron chi connectivity index (χ3n) is 4.88. The summed E-state index contributed by atoms with van der Waals surface area (Å²) in [5.41, 5.74) is 0.916. The number of carbonyl (C=O) groups is 1. The number of halogens is 1. The molecule has 5 nitrogen and oxygen atoms in total. The van der Waals surface area contributed by atoms with Crippen LogP contribution in [-0.2, 0) is 14.8 Å². The van der Waals surface area contributed by atoms with Crippen LogP contribution < -0.4 is 0 Å². The highest BCUT2D eigenvalue weighted by atomic mass is 35.5. The Kier molecular flexibility index (Phi) is 7.63. The summed E-state index contributed by atoms with van der Waals surface area (Å²) in [5, 5.41) is 11.1. The van der Waals surface area contributed by atoms with Crippen LogP contribution in [0.1, 0.15) is 24.8 Å². The molecule has 1 N–H and O–H groups in total. The minimum Gasteiger partial charge on any atom is -0.386 e. The molecular weight excluding hydrogens is 442 g/mol. The van der Waals surface area contributed by atoms with Crippen LogP contribution in [0.4, 0.5) is 0 Å². The SMILES string of the molecule is Cc1ccc(S(=O)(=O)N2C(=O)C=C(Sc3ccccc3)[C@@H](O)[C@@H]2CCCCCl)cc1. The van der Waals surface area contributed by atoms with E-state index in [1.165, 1.54) is 30.0 Å². The lowest BCUT2D eigenvalue weighted by Gasteiger charge is -2.37. The molecule has 0 saturated heterocycles. The number of hydrogen-bond acceptors (Lipinski definition) is 5. The maximum Gasteiger partial charge on any atom is 0.267 e. The smallest absolute Gasteiger partial charge is 0.267 e. The molecule has 0 aliphatic carbocycles. The number of aliphatic hydroxyl groups is 1. The molecule has 0 bridgehead atoms. The minimum absolute atomic E-state index is 0.0311. The molecule has 1 amide bonds. The van der Waals surface area contributed by atoms with Crippen molar-refractivity contribution in [2.45, 2.75) is 48.1 Å². The molecule has 2 aromatic carbocycles. The fourth-order valence-corrected chi connectivity index (χ4v) is 6.08. The van der Waals surface area contributed by atoms with Gasteiger partial charge in [-0.2, -0.15) is 0 Å². The number of unbranched alkanes of at least 4 members (excludes halogenated alkanes) is 1. The zero-order chi connectivity index (χ0) is 21.7. The van der Waals surface area contributed by atoms with Crippen molar-refractivity contribution in [3.8, 4) is 0 Å². The second kappa shape index (κ2) is 10.0. The predicted octanol–water partition coefficient (Wildman–Crippen LogP) is 4.34. The largest absolute Gasteiger partial charge is 0.386 e. The number of benzene rings is 2. The number of aliphatic hydroxyl groups excluding tert-OH is 1. The summed E-state index contributed by atoms with van der Waals surface area (Å²) in [4.78, 5) is 14.3. The third kappa shape index (κ3) is 5.09. The van der Waals surface area contributed by atoms with Gasteiger partial charge in [0, 0.05) is 21.8 Å². The number of alkyl halides is 1. The van der Waals surface area contributed by atoms with Crippen LogP contribution in [0, 0.1) is 6.92 Å². The van der Waals surface area contributed by atoms with E-state index in [1.54, 1.807) is 12.1 Å². The van der Waals surface area contributed by atoms with Gasteiger partial charge in [0.05, 0.1) is 10.9 Å². The van der Waals surface area contributed by atoms with Gasteiger partial charge in [-0.05, 0) is 44.0 Å². The van der Waals surface area contributed by atoms with Gasteiger partial charge >= 0.3 is 0 Å². The molecule has 0 fully saturated rings. The molecule has 0 saturated carbocycles. The molecule has 1 heterocycles. The molecule has 8 heteroatoms. The fraction of sp³-hybridized carbons (Fsp3) is 0.318. The molecule has 0 radical (unpaired) electrons. The molecule has 1 aliphatic heterocycles. The van der Waals surface area contributed by atoms with Crippen LogP contribution in [-0.4, -0.2) is 41.8 Å². The molecule has 0 spiro atoms. The van der Waals surface area contributed by atoms with E-state index in [9.17, 15) is 18.3 Å². The Labute approximate surface area is 186 Å². The number of rotatable bonds is 8. The summed E-state index contributed by atoms with van der Waals surface area (Å²) < 4.78 is 27.4. The maximum atomic E-state index is 13.3. The zero-order valence-corrected chi connectivity index (χ0v) is 19.0. The Morgan fingerprint density at radius 2 is 1.73 bits per heavy atom. The van der Waals surface area contributed by atoms with Crippen LogP contribution in [0.25, 0.3) is 0 Å². The van der Waals surface area contributed by atoms with E-state index in [1.807, 2.05) is 37.3 Å². The third-order valence-corrected chi connectivity index (χ3v) is 8.09. The Bertz CT molecular complexity index is 1010. The molecule has 30 heavy (non-hydrogen) atoms. The number of nitrogens with zero attached hydrogens (tertiary/aromatic N) is 1. The van der Waals surface area contributed by atoms with Gasteiger partial charge < -0.3 is 5.11 Å². The lowest BCUT2D eigenvalue weighted by molar-refractivity contribution is -0.125. The van der Waals surface area contributed by atoms with E-state index in [2.05, 4.69) is 0 Å². The number of aryl methyl sites for hydroxylation is 1. The second-order valence-electron chi connectivity index (χ2n) is 7.11. The van der Waals surface area contributed by atoms with E-state index in [0.29, 0.717) is 30.0 Å². The van der Waals surface area contributed by atoms with Gasteiger partial charge in [0.1, 0.15) is 6.10 Å². The predicted molar refractivity (Wildman–Crippen MR) is 120 cm³/mol. The van der Waals surface area contributed by atoms with Crippen molar-refractivity contribution in [3.63, 3.8) is 0 Å². The zero-order valence-electron chi connectivity index (χ0n) is 16.6. The highest BCUT2D eigenvalue weighted by Gasteiger charge is 2.43. The maximum absolute atomic E-state index is 13.3. The molecule has 0 unspecified atom stereocenters. The molecule has 2 atom stereocenters. The van der Waals surface area contributed by atoms with E-state index < -0.39 is 28.1 Å². The molecule has 160 valence electrons. The topological polar surface area (TPSA) is 74.7 Å². The van der Waals surface area contributed by atoms with Crippen LogP contribution in [0.5, 0.6) is 0 Å². The van der Waals surface area contributed by atoms with Crippen molar-refractivity contribution >= 4 is 39.3 Å². The van der Waals surface area contributed by atoms with E-state index in [0.717, 1.165) is 14.8 Å². The summed E-state index contributed by atoms with van der Waals surface area (Å²) in [5.74, 6) is -0.210. The first kappa shape index (κ1) is 22.9. The average molecular weight is 466 g/mol. The number of hydrogen-bond donors (Lipinski definition) is 1. The van der Waals surface area contributed by atoms with Gasteiger partial charge in [-0.25, -0.2) is 12.7 Å². The Morgan fingerprint density at radius 1 is 1.07 bits per heavy atom. The number of sulfonamides is 1. The van der Waals surface area contributed by atoms with Gasteiger partial charge in [-0.15, -0.1) is 11.6 Å². The highest BCUT2D eigenvalue weighted by molar-refractivity contribution is 8.03. The van der Waals surface area contributed by atoms with Crippen molar-refractivity contribution in [1.82, 2.24) is 4.31 Å². The highest BCUT2D eigenvalue weighted by Crippen LogP contribution is 2.37. The Balaban J connectivity index is 1.97. The molecule has 1 aliphatic rings. The Hall–Kier alpha value is -1.80. The number of carbonyl (C=O) groups excluding carboxylic acids is 1. The minimum atomic E-state index is -4.11. The molecular formula is C22H24ClNO4S2. The van der Waals surface area contributed by atoms with E-state index in [4.69, 9.17) is 11.6 Å². The van der Waals surface area contributed by atoms with Crippen molar-refractivity contribution in [2.24, 2.45) is 0 Å². The van der Waals surface area contributed by atoms with Gasteiger partial charge in [-0.1, -0.05) is 54.1 Å². The first-order valence-electron chi connectivity index (χ1n) is 9.68. The summed E-state index contributed by atoms with van der Waals surface area (Å²) in [6.07, 6.45) is 1.72. The first-order valence-corrected chi connectivity index (χ1v) is 12.5. The molecule has 0 aromatic heterocycles. The normalized spacial score (nSPS) is 19.6. The molecule has 3 rings (SSSR count). The van der Waals surface area contributed by atoms with Crippen molar-refractivity contribution in [3.05, 3.63) is 71.1 Å². The standard InChI is InChI=1S/C22H24ClNO4S2/c1-16-10-12-18(13-11-16)30(27,28)24-19(9-5-6-14-23)22(26)20(15-21(24)25)29-17-7-3-2-4-8-17/h2-4,7-8,10-13,15,19,22,26H,5-6,9,14H2,1H3/t19-,22-/m0/s1. The monoisotopic (exact) mass is 465 g/mol. The van der Waals surface area contributed by atoms with Crippen LogP contribution in [0.15, 0.2) is 75.4 Å². The van der Waals surface area contributed by atoms with Crippen LogP contribution >= 0.6 is 23.4 Å². The summed E-state index contributed by atoms with van der Waals surface area (Å²) in [7, 11) is -4.11. The van der Waals surface area contributed by atoms with E-state index >= 15 is 0 Å². The van der Waals surface area contributed by atoms with Gasteiger partial charge in [0.15, 0.2) is 0 Å². The summed E-state index contributed by atoms with van der Waals surface area (Å²) >= 11 is 7.05. The average Bonchev–Trinajstić information content (AvgIpc) is 2.72. The van der Waals surface area contributed by atoms with Gasteiger partial charge in [0.2, 0.25) is 0 Å². The lowest BCUT2D eigenvalue weighted by Crippen LogP contribution is -2.52. The van der Waals surface area contributed by atoms with E-state index in [-0.39, 0.29) is 4.90 Å². The van der Waals surface area contributed by atoms with Crippen molar-refractivity contribution in [2.75, 3.05) is 5.88 Å².